The van der Waals surface area contributed by atoms with Gasteiger partial charge < -0.3 is 14.5 Å². The molecule has 54 heavy (non-hydrogen) atoms. The number of allylic oxidation sites excluding steroid dienone is 1. The van der Waals surface area contributed by atoms with E-state index in [2.05, 4.69) is 108 Å². The van der Waals surface area contributed by atoms with Gasteiger partial charge in [0.25, 0.3) is 0 Å². The summed E-state index contributed by atoms with van der Waals surface area (Å²) in [5.41, 5.74) is 10.4. The lowest BCUT2D eigenvalue weighted by Gasteiger charge is -2.32. The Morgan fingerprint density at radius 2 is 1.70 bits per heavy atom. The Bertz CT molecular complexity index is 2090. The highest BCUT2D eigenvalue weighted by atomic mass is 16.5. The molecule has 7 heteroatoms. The number of likely N-dealkylation sites (tertiary alicyclic amines) is 2. The van der Waals surface area contributed by atoms with Crippen molar-refractivity contribution in [3.05, 3.63) is 65.4 Å². The highest BCUT2D eigenvalue weighted by Crippen LogP contribution is 2.45. The Kier molecular flexibility index (Phi) is 9.81. The molecule has 0 aromatic heterocycles. The molecule has 7 atom stereocenters. The fourth-order valence-electron chi connectivity index (χ4n) is 9.59. The topological polar surface area (TPSA) is 74.6 Å². The zero-order chi connectivity index (χ0) is 38.0. The third-order valence-corrected chi connectivity index (χ3v) is 14.0. The first-order valence-electron chi connectivity index (χ1n) is 20.8. The van der Waals surface area contributed by atoms with Crippen molar-refractivity contribution < 1.29 is 14.3 Å². The number of carbonyl (C=O) groups is 2. The minimum absolute atomic E-state index is 0.00158. The Labute approximate surface area is 322 Å². The number of rotatable bonds is 9. The van der Waals surface area contributed by atoms with Gasteiger partial charge in [-0.1, -0.05) is 79.5 Å². The molecule has 0 spiro atoms. The number of hydrogen-bond donors (Lipinski definition) is 0. The van der Waals surface area contributed by atoms with Gasteiger partial charge in [-0.15, -0.1) is 0 Å². The van der Waals surface area contributed by atoms with Crippen molar-refractivity contribution in [2.24, 2.45) is 39.6 Å². The summed E-state index contributed by atoms with van der Waals surface area (Å²) >= 11 is 0. The van der Waals surface area contributed by atoms with Crippen LogP contribution in [0.25, 0.3) is 27.5 Å². The van der Waals surface area contributed by atoms with Gasteiger partial charge in [-0.25, -0.2) is 0 Å². The molecular weight excluding hydrogens is 669 g/mol. The van der Waals surface area contributed by atoms with Crippen molar-refractivity contribution >= 4 is 45.3 Å². The maximum absolute atomic E-state index is 13.7. The molecule has 0 aliphatic carbocycles. The summed E-state index contributed by atoms with van der Waals surface area (Å²) in [6, 6.07) is 16.0. The minimum Gasteiger partial charge on any atom is -0.488 e. The third-order valence-electron chi connectivity index (χ3n) is 14.0. The molecule has 0 bridgehead atoms. The molecule has 8 rings (SSSR count). The highest BCUT2D eigenvalue weighted by Gasteiger charge is 2.42. The zero-order valence-corrected chi connectivity index (χ0v) is 33.6. The van der Waals surface area contributed by atoms with E-state index in [9.17, 15) is 9.59 Å². The number of hydrogen-bond acceptors (Lipinski definition) is 5. The fourth-order valence-corrected chi connectivity index (χ4v) is 9.59. The van der Waals surface area contributed by atoms with Crippen molar-refractivity contribution in [1.29, 1.82) is 0 Å². The van der Waals surface area contributed by atoms with E-state index in [0.29, 0.717) is 24.4 Å². The van der Waals surface area contributed by atoms with Crippen LogP contribution < -0.4 is 4.74 Å². The molecule has 3 aromatic carbocycles. The number of aliphatic imine (C=N–C) groups is 2. The standard InChI is InChI=1S/C47H58N4O3/c1-9-27(5)30(8)46(52)50-24-31(10-2)17-44(50)41-20-34(23-48-41)32-12-14-36-35(18-32)25-54-45-22-37-33(19-39(36)45)13-15-40-38(37)21-42(49-40)43-16-11-28(6)51(43)47(53)29(7)26(3)4/h12-15,18-19,22-23,26-31,43-44H,9-11,16-17,20-21,24-25H2,1-8H3/t27-,28-,29-,30-,31-,43-,44-/m0/s1. The lowest BCUT2D eigenvalue weighted by atomic mass is 9.89. The number of ether oxygens (including phenoxy) is 1. The van der Waals surface area contributed by atoms with Crippen molar-refractivity contribution in [3.8, 4) is 16.9 Å². The van der Waals surface area contributed by atoms with Crippen LogP contribution in [-0.2, 0) is 22.6 Å². The molecule has 2 saturated heterocycles. The van der Waals surface area contributed by atoms with Crippen molar-refractivity contribution in [2.75, 3.05) is 6.54 Å². The molecule has 284 valence electrons. The van der Waals surface area contributed by atoms with Crippen LogP contribution in [0.15, 0.2) is 58.6 Å². The van der Waals surface area contributed by atoms with E-state index < -0.39 is 0 Å². The van der Waals surface area contributed by atoms with Gasteiger partial charge in [0.15, 0.2) is 0 Å². The summed E-state index contributed by atoms with van der Waals surface area (Å²) < 4.78 is 6.51. The predicted octanol–water partition coefficient (Wildman–Crippen LogP) is 10.2. The van der Waals surface area contributed by atoms with Gasteiger partial charge in [0.1, 0.15) is 12.4 Å². The van der Waals surface area contributed by atoms with Crippen LogP contribution in [0.2, 0.25) is 0 Å². The number of nitrogens with zero attached hydrogens (tertiary/aromatic N) is 4. The maximum atomic E-state index is 13.7. The Balaban J connectivity index is 0.998. The summed E-state index contributed by atoms with van der Waals surface area (Å²) in [4.78, 5) is 41.7. The van der Waals surface area contributed by atoms with Gasteiger partial charge in [0.2, 0.25) is 11.8 Å². The average molecular weight is 727 g/mol. The smallest absolute Gasteiger partial charge is 0.226 e. The Hall–Kier alpha value is -4.26. The lowest BCUT2D eigenvalue weighted by molar-refractivity contribution is -0.138. The van der Waals surface area contributed by atoms with Crippen molar-refractivity contribution in [3.63, 3.8) is 0 Å². The SMILES string of the molecule is CC[C@H]1C[C@@H](C2=NC=C(c3ccc4c(c3)COc3cc5c6c(ccc5cc3-4)N=C([C@@H]3CC[C@H](C)N3C(=O)[C@@H](C)C(C)C)C6)C2)N(C(=O)[C@@H](C)[C@@H](C)CC)C1. The molecule has 2 amide bonds. The van der Waals surface area contributed by atoms with Gasteiger partial charge >= 0.3 is 0 Å². The van der Waals surface area contributed by atoms with E-state index in [-0.39, 0.29) is 41.8 Å². The van der Waals surface area contributed by atoms with Gasteiger partial charge in [0.05, 0.1) is 17.8 Å². The third kappa shape index (κ3) is 6.29. The molecule has 5 aliphatic rings. The zero-order valence-electron chi connectivity index (χ0n) is 33.6. The normalized spacial score (nSPS) is 24.8. The predicted molar refractivity (Wildman–Crippen MR) is 220 cm³/mol. The molecule has 5 heterocycles. The van der Waals surface area contributed by atoms with E-state index in [1.165, 1.54) is 38.6 Å². The first kappa shape index (κ1) is 36.7. The summed E-state index contributed by atoms with van der Waals surface area (Å²) in [6.07, 6.45) is 8.67. The van der Waals surface area contributed by atoms with E-state index in [0.717, 1.165) is 79.9 Å². The second-order valence-electron chi connectivity index (χ2n) is 17.4. The first-order chi connectivity index (χ1) is 26.0. The van der Waals surface area contributed by atoms with Crippen LogP contribution >= 0.6 is 0 Å². The number of fused-ring (bicyclic) bond motifs is 6. The molecule has 0 radical (unpaired) electrons. The second kappa shape index (κ2) is 14.4. The number of benzene rings is 3. The van der Waals surface area contributed by atoms with Crippen LogP contribution in [0.1, 0.15) is 111 Å². The van der Waals surface area contributed by atoms with Crippen LogP contribution in [-0.4, -0.2) is 57.7 Å². The fraction of sp³-hybridized carbons (Fsp3) is 0.532. The maximum Gasteiger partial charge on any atom is 0.226 e. The van der Waals surface area contributed by atoms with Crippen LogP contribution in [0.3, 0.4) is 0 Å². The lowest BCUT2D eigenvalue weighted by Crippen LogP contribution is -2.47. The Morgan fingerprint density at radius 3 is 2.46 bits per heavy atom. The molecule has 2 fully saturated rings. The van der Waals surface area contributed by atoms with Crippen LogP contribution in [0, 0.1) is 29.6 Å². The number of carbonyl (C=O) groups excluding carboxylic acids is 2. The average Bonchev–Trinajstić information content (AvgIpc) is 4.00. The van der Waals surface area contributed by atoms with Gasteiger partial charge in [-0.2, -0.15) is 0 Å². The van der Waals surface area contributed by atoms with Crippen LogP contribution in [0.4, 0.5) is 5.69 Å². The molecule has 0 unspecified atom stereocenters. The Morgan fingerprint density at radius 1 is 0.889 bits per heavy atom. The van der Waals surface area contributed by atoms with Gasteiger partial charge in [-0.3, -0.25) is 19.6 Å². The summed E-state index contributed by atoms with van der Waals surface area (Å²) in [6.45, 7) is 18.6. The van der Waals surface area contributed by atoms with E-state index >= 15 is 0 Å². The number of amides is 2. The van der Waals surface area contributed by atoms with Crippen molar-refractivity contribution in [2.45, 2.75) is 125 Å². The monoisotopic (exact) mass is 726 g/mol. The second-order valence-corrected chi connectivity index (χ2v) is 17.4. The molecule has 0 N–H and O–H groups in total. The van der Waals surface area contributed by atoms with E-state index in [4.69, 9.17) is 14.7 Å². The quantitative estimate of drug-likeness (QED) is 0.220. The largest absolute Gasteiger partial charge is 0.488 e. The first-order valence-corrected chi connectivity index (χ1v) is 20.8. The van der Waals surface area contributed by atoms with E-state index in [1.54, 1.807) is 0 Å². The molecule has 0 saturated carbocycles. The molecule has 3 aromatic rings. The molecule has 7 nitrogen and oxygen atoms in total. The van der Waals surface area contributed by atoms with Gasteiger partial charge in [-0.05, 0) is 107 Å². The highest BCUT2D eigenvalue weighted by molar-refractivity contribution is 6.07. The van der Waals surface area contributed by atoms with E-state index in [1.807, 2.05) is 6.20 Å². The summed E-state index contributed by atoms with van der Waals surface area (Å²) in [5, 5.41) is 2.37. The molecule has 5 aliphatic heterocycles. The summed E-state index contributed by atoms with van der Waals surface area (Å²) in [7, 11) is 0. The van der Waals surface area contributed by atoms with Crippen molar-refractivity contribution in [1.82, 2.24) is 9.80 Å². The van der Waals surface area contributed by atoms with Crippen LogP contribution in [0.5, 0.6) is 5.75 Å². The molecular formula is C47H58N4O3. The summed E-state index contributed by atoms with van der Waals surface area (Å²) in [5.74, 6) is 2.69. The van der Waals surface area contributed by atoms with Gasteiger partial charge in [0, 0.05) is 60.5 Å². The minimum atomic E-state index is -0.00158.